The third-order valence-electron chi connectivity index (χ3n) is 26.5. The van der Waals surface area contributed by atoms with Crippen molar-refractivity contribution in [3.05, 3.63) is 217 Å². The van der Waals surface area contributed by atoms with Crippen LogP contribution in [0.5, 0.6) is 34.5 Å². The molecule has 0 bridgehead atoms. The van der Waals surface area contributed by atoms with Gasteiger partial charge in [0.05, 0.1) is 83.7 Å². The van der Waals surface area contributed by atoms with Gasteiger partial charge in [-0.1, -0.05) is 57.0 Å². The lowest BCUT2D eigenvalue weighted by atomic mass is 9.77. The summed E-state index contributed by atoms with van der Waals surface area (Å²) in [4.78, 5) is 113. The number of rotatable bonds is 28. The Morgan fingerprint density at radius 2 is 0.832 bits per heavy atom. The first-order chi connectivity index (χ1) is 70.6. The van der Waals surface area contributed by atoms with Gasteiger partial charge in [0.1, 0.15) is 85.6 Å². The molecule has 20 rings (SSSR count). The number of carbonyl (C=O) groups is 8. The minimum Gasteiger partial charge on any atom is -0.494 e. The summed E-state index contributed by atoms with van der Waals surface area (Å²) in [6.45, 7) is 14.3. The maximum atomic E-state index is 13.6. The number of amides is 8. The normalized spacial score (nSPS) is 19.0. The summed E-state index contributed by atoms with van der Waals surface area (Å²) in [5, 5.41) is 49.8. The van der Waals surface area contributed by atoms with E-state index in [1.54, 1.807) is 60.4 Å². The van der Waals surface area contributed by atoms with Crippen LogP contribution in [0.4, 0.5) is 32.1 Å². The molecule has 788 valence electrons. The molecule has 0 unspecified atom stereocenters. The van der Waals surface area contributed by atoms with Crippen LogP contribution in [0.15, 0.2) is 122 Å². The summed E-state index contributed by atoms with van der Waals surface area (Å²) < 4.78 is 160. The number of carbonyl (C=O) groups excluding carboxylic acids is 8. The van der Waals surface area contributed by atoms with Gasteiger partial charge in [-0.15, -0.1) is 5.10 Å². The van der Waals surface area contributed by atoms with E-state index in [0.717, 1.165) is 109 Å². The predicted molar refractivity (Wildman–Crippen MR) is 542 cm³/mol. The molecule has 1 saturated carbocycles. The molecule has 7 aromatic heterocycles. The number of benzene rings is 4. The third-order valence-corrected chi connectivity index (χ3v) is 29.6. The molecular formula is C101H114F2N20O22S4. The zero-order valence-corrected chi connectivity index (χ0v) is 87.0. The van der Waals surface area contributed by atoms with Crippen LogP contribution in [0.3, 0.4) is 0 Å². The summed E-state index contributed by atoms with van der Waals surface area (Å²) in [5.74, 6) is -5.10. The van der Waals surface area contributed by atoms with Crippen LogP contribution in [-0.4, -0.2) is 234 Å². The molecular weight excluding hydrogens is 2010 g/mol. The van der Waals surface area contributed by atoms with Crippen LogP contribution in [0, 0.1) is 20.8 Å². The van der Waals surface area contributed by atoms with E-state index in [0.29, 0.717) is 153 Å². The highest BCUT2D eigenvalue weighted by Crippen LogP contribution is 2.52. The highest BCUT2D eigenvalue weighted by Gasteiger charge is 2.53. The Morgan fingerprint density at radius 3 is 1.23 bits per heavy atom. The Labute approximate surface area is 857 Å². The number of nitrogens with zero attached hydrogens (tertiary/aromatic N) is 12. The van der Waals surface area contributed by atoms with Crippen molar-refractivity contribution < 1.29 is 109 Å². The second-order valence-corrected chi connectivity index (χ2v) is 47.8. The number of pyridine rings is 2. The van der Waals surface area contributed by atoms with E-state index in [1.165, 1.54) is 44.6 Å². The van der Waals surface area contributed by atoms with Crippen molar-refractivity contribution in [1.82, 2.24) is 80.6 Å². The van der Waals surface area contributed by atoms with Gasteiger partial charge in [-0.25, -0.2) is 57.1 Å². The van der Waals surface area contributed by atoms with Gasteiger partial charge in [-0.05, 0) is 167 Å². The van der Waals surface area contributed by atoms with Gasteiger partial charge < -0.3 is 71.0 Å². The lowest BCUT2D eigenvalue weighted by Crippen LogP contribution is -2.53. The largest absolute Gasteiger partial charge is 0.494 e. The molecule has 8 amide bonds. The van der Waals surface area contributed by atoms with E-state index >= 15 is 0 Å². The van der Waals surface area contributed by atoms with Gasteiger partial charge in [-0.2, -0.15) is 39.5 Å². The third kappa shape index (κ3) is 23.7. The number of fused-ring (bicyclic) bond motifs is 12. The highest BCUT2D eigenvalue weighted by atomic mass is 32.2. The summed E-state index contributed by atoms with van der Waals surface area (Å²) in [5.41, 5.74) is 7.99. The molecule has 4 atom stereocenters. The molecule has 14 heterocycles. The molecule has 2 aliphatic carbocycles. The topological polar surface area (TPSA) is 548 Å². The molecule has 11 aromatic rings. The Bertz CT molecular complexity index is 7660. The van der Waals surface area contributed by atoms with Crippen molar-refractivity contribution in [2.75, 3.05) is 109 Å². The van der Waals surface area contributed by atoms with Crippen molar-refractivity contribution in [2.45, 2.75) is 185 Å². The SMILES string of the molecule is CCCCOc1ccc2c(c1)CC[C@]21Cc2nn(-c3ccc(C)nn3)c(NC(=O)CS(C)(=O)=O)c2C(=O)N1.CCCCn1nc2c(c1NC(=O)CS(C)(=O)=O)C(=O)N[C@]1(CCOc3cc(OCC)ccc31)C2.Cc1ccc(-n2nc3c(c2NC(=O)CS(C)(=O)=O)C(=O)N[C@@]2(CCOc4cc(C5CC5)ccc42)C3)nc1.Cc1ccc(-n2nc3c(c2NC(=O)CS(C)(=O)=O)C(=O)N[C@@]2(CCOc4cc(OCC(C)(F)F)ccc42)C3)nc1. The first kappa shape index (κ1) is 106. The van der Waals surface area contributed by atoms with Gasteiger partial charge in [-0.3, -0.25) is 38.4 Å². The molecule has 0 radical (unpaired) electrons. The zero-order valence-electron chi connectivity index (χ0n) is 83.7. The van der Waals surface area contributed by atoms with Gasteiger partial charge in [0.15, 0.2) is 80.9 Å². The van der Waals surface area contributed by atoms with Gasteiger partial charge in [0.25, 0.3) is 29.6 Å². The van der Waals surface area contributed by atoms with E-state index in [2.05, 4.69) is 97.1 Å². The summed E-state index contributed by atoms with van der Waals surface area (Å²) in [6.07, 6.45) is 17.7. The molecule has 1 fully saturated rings. The second-order valence-electron chi connectivity index (χ2n) is 39.2. The number of ether oxygens (including phenoxy) is 6. The van der Waals surface area contributed by atoms with Crippen molar-refractivity contribution in [2.24, 2.45) is 0 Å². The number of aromatic nitrogens is 12. The second kappa shape index (κ2) is 41.8. The van der Waals surface area contributed by atoms with Crippen molar-refractivity contribution in [3.8, 4) is 52.0 Å². The molecule has 42 nitrogen and oxygen atoms in total. The number of anilines is 4. The number of sulfone groups is 4. The van der Waals surface area contributed by atoms with Crippen LogP contribution in [0.1, 0.15) is 212 Å². The molecule has 48 heteroatoms. The Balaban J connectivity index is 0.000000136. The summed E-state index contributed by atoms with van der Waals surface area (Å²) in [7, 11) is -14.3. The number of alkyl halides is 2. The molecule has 149 heavy (non-hydrogen) atoms. The Hall–Kier alpha value is -14.7. The average Bonchev–Trinajstić information content (AvgIpc) is 1.66. The van der Waals surface area contributed by atoms with E-state index in [-0.39, 0.29) is 70.2 Å². The van der Waals surface area contributed by atoms with E-state index in [9.17, 15) is 80.8 Å². The van der Waals surface area contributed by atoms with Gasteiger partial charge in [0, 0.05) is 125 Å². The van der Waals surface area contributed by atoms with Crippen LogP contribution >= 0.6 is 0 Å². The quantitative estimate of drug-likeness (QED) is 0.0212. The van der Waals surface area contributed by atoms with Crippen molar-refractivity contribution in [1.29, 1.82) is 0 Å². The number of hydrogen-bond acceptors (Lipinski definition) is 30. The first-order valence-corrected chi connectivity index (χ1v) is 56.9. The average molecular weight is 2130 g/mol. The number of hydrogen-bond donors (Lipinski definition) is 8. The van der Waals surface area contributed by atoms with E-state index < -0.39 is 138 Å². The molecule has 0 saturated heterocycles. The smallest absolute Gasteiger partial charge is 0.278 e. The molecule has 8 N–H and O–H groups in total. The van der Waals surface area contributed by atoms with Gasteiger partial charge in [0.2, 0.25) is 23.6 Å². The van der Waals surface area contributed by atoms with Crippen molar-refractivity contribution in [3.63, 3.8) is 0 Å². The lowest BCUT2D eigenvalue weighted by molar-refractivity contribution is -0.114. The number of nitrogens with one attached hydrogen (secondary N) is 8. The maximum Gasteiger partial charge on any atom is 0.278 e. The lowest BCUT2D eigenvalue weighted by Gasteiger charge is -2.41. The fourth-order valence-electron chi connectivity index (χ4n) is 19.7. The number of unbranched alkanes of at least 4 members (excludes halogenated alkanes) is 2. The Kier molecular flexibility index (Phi) is 29.6. The number of aryl methyl sites for hydroxylation is 5. The first-order valence-electron chi connectivity index (χ1n) is 48.6. The monoisotopic (exact) mass is 2120 g/mol. The summed E-state index contributed by atoms with van der Waals surface area (Å²) >= 11 is 0. The molecule has 4 aromatic carbocycles. The summed E-state index contributed by atoms with van der Waals surface area (Å²) in [6, 6.07) is 33.0. The Morgan fingerprint density at radius 1 is 0.450 bits per heavy atom. The highest BCUT2D eigenvalue weighted by molar-refractivity contribution is 7.92. The molecule has 4 spiro atoms. The van der Waals surface area contributed by atoms with Gasteiger partial charge >= 0.3 is 0 Å². The van der Waals surface area contributed by atoms with Crippen LogP contribution in [0.25, 0.3) is 17.5 Å². The predicted octanol–water partition coefficient (Wildman–Crippen LogP) is 9.25. The van der Waals surface area contributed by atoms with E-state index in [4.69, 9.17) is 33.5 Å². The minimum atomic E-state index is -3.64. The fourth-order valence-corrected chi connectivity index (χ4v) is 21.9. The fraction of sp³-hybridized carbons (Fsp3) is 0.426. The van der Waals surface area contributed by atoms with E-state index in [1.807, 2.05) is 76.2 Å². The maximum absolute atomic E-state index is 13.6. The number of halogens is 2. The molecule has 9 aliphatic rings. The zero-order chi connectivity index (χ0) is 106. The van der Waals surface area contributed by atoms with Crippen molar-refractivity contribution >= 4 is 110 Å². The minimum absolute atomic E-state index is 0.00359. The van der Waals surface area contributed by atoms with Crippen LogP contribution < -0.4 is 71.0 Å². The van der Waals surface area contributed by atoms with Crippen LogP contribution in [0.2, 0.25) is 0 Å². The van der Waals surface area contributed by atoms with Crippen LogP contribution in [-0.2, 0) is 119 Å². The standard InChI is InChI=1S/C26H27F2N5O6S.C26H30N6O5S.C26H27N5O5S.C23H30N4O6S/c1-15-4-7-20(29-12-15)33-23(30-21(34)13-40(3,36)37)22-18(32-33)11-26(31-24(22)35)8-9-38-19-10-16(5-6-17(19)26)39-14-25(2,27)28;1-4-5-12-37-18-7-8-19-17(13-18)10-11-26(19)14-20-23(25(34)28-26)24(27-22(33)15-38(3,35)36)32(31-20)21-9-6-16(2)29-30-21;1-15-3-8-21(27-13-15)31-24(28-22(32)14-37(2,34)35)23-19(30-31)12-26(29-25(23)33)9-10-36-20-11-17(16-4-5-16)6-7-18(20)26;1-4-6-10-27-21(24-19(28)14-34(3,30)31)20-17(26-27)13-23(25-22(20)29)9-11-33-18-12-15(32-5-2)7-8-16(18)23/h4-7,10,12H,8-9,11,13-14H2,1-3H3,(H,30,34)(H,31,35);6-9,13H,4-5,10-12,14-15H2,1-3H3,(H,27,33)(H,28,34);3,6-8,11,13,16H,4-5,9-10,12,14H2,1-2H3,(H,28,32)(H,29,33);7-8,12H,4-6,9-11,13-14H2,1-3H3,(H,24,28)(H,25,29)/t3*26-;23-/m0001/s1. The molecule has 7 aliphatic heterocycles.